The molecule has 1 aliphatic rings. The molecular weight excluding hydrogens is 290 g/mol. The summed E-state index contributed by atoms with van der Waals surface area (Å²) >= 11 is 0. The summed E-state index contributed by atoms with van der Waals surface area (Å²) in [5.41, 5.74) is 18.0. The number of nitrogens with two attached hydrogens (primary N) is 3. The van der Waals surface area contributed by atoms with Crippen molar-refractivity contribution in [3.05, 3.63) is 65.2 Å². The van der Waals surface area contributed by atoms with Crippen LogP contribution in [0.15, 0.2) is 48.5 Å². The second kappa shape index (κ2) is 11.3. The van der Waals surface area contributed by atoms with Gasteiger partial charge in [-0.2, -0.15) is 0 Å². The lowest BCUT2D eigenvalue weighted by Crippen LogP contribution is -1.86. The third-order valence-corrected chi connectivity index (χ3v) is 3.09. The van der Waals surface area contributed by atoms with Crippen LogP contribution in [-0.4, -0.2) is 31.4 Å². The molecule has 0 aliphatic heterocycles. The summed E-state index contributed by atoms with van der Waals surface area (Å²) in [6.45, 7) is 0. The molecule has 0 atom stereocenters. The van der Waals surface area contributed by atoms with Crippen molar-refractivity contribution >= 4 is 5.57 Å². The standard InChI is InChI=1S/C15H12O2.3CH5N/c16-12-5-1-10(2-6-12)14-8-4-11-3-7-13(17)9-15(11)14;3*1-2/h1-3,5-9,16-17H,4H2;3*2H2,1H3. The minimum atomic E-state index is 0.267. The van der Waals surface area contributed by atoms with E-state index in [1.165, 1.54) is 26.7 Å². The number of benzene rings is 2. The maximum Gasteiger partial charge on any atom is 0.116 e. The van der Waals surface area contributed by atoms with Crippen LogP contribution in [0.5, 0.6) is 11.5 Å². The molecule has 5 heteroatoms. The normalized spacial score (nSPS) is 10.6. The van der Waals surface area contributed by atoms with Crippen LogP contribution in [0.3, 0.4) is 0 Å². The first-order valence-electron chi connectivity index (χ1n) is 7.29. The molecule has 2 aromatic carbocycles. The summed E-state index contributed by atoms with van der Waals surface area (Å²) in [6.07, 6.45) is 3.04. The van der Waals surface area contributed by atoms with Crippen molar-refractivity contribution < 1.29 is 10.2 Å². The SMILES string of the molecule is CN.CN.CN.Oc1ccc(C2=CCc3ccc(O)cc32)cc1. The first-order chi connectivity index (χ1) is 11.2. The molecule has 0 saturated carbocycles. The van der Waals surface area contributed by atoms with Crippen molar-refractivity contribution in [1.82, 2.24) is 0 Å². The van der Waals surface area contributed by atoms with Gasteiger partial charge in [-0.05, 0) is 74.1 Å². The molecule has 23 heavy (non-hydrogen) atoms. The van der Waals surface area contributed by atoms with E-state index in [1.807, 2.05) is 18.2 Å². The largest absolute Gasteiger partial charge is 0.508 e. The minimum absolute atomic E-state index is 0.267. The van der Waals surface area contributed by atoms with E-state index in [1.54, 1.807) is 24.3 Å². The Labute approximate surface area is 138 Å². The maximum atomic E-state index is 9.54. The summed E-state index contributed by atoms with van der Waals surface area (Å²) < 4.78 is 0. The summed E-state index contributed by atoms with van der Waals surface area (Å²) in [4.78, 5) is 0. The van der Waals surface area contributed by atoms with E-state index >= 15 is 0 Å². The number of hydrogen-bond acceptors (Lipinski definition) is 5. The predicted octanol–water partition coefficient (Wildman–Crippen LogP) is 1.81. The summed E-state index contributed by atoms with van der Waals surface area (Å²) in [5, 5.41) is 18.8. The van der Waals surface area contributed by atoms with E-state index in [4.69, 9.17) is 0 Å². The van der Waals surface area contributed by atoms with Crippen molar-refractivity contribution in [2.24, 2.45) is 17.2 Å². The molecule has 8 N–H and O–H groups in total. The molecule has 1 aliphatic carbocycles. The van der Waals surface area contributed by atoms with E-state index in [0.717, 1.165) is 23.1 Å². The quantitative estimate of drug-likeness (QED) is 0.549. The van der Waals surface area contributed by atoms with Gasteiger partial charge in [0.2, 0.25) is 0 Å². The van der Waals surface area contributed by atoms with Gasteiger partial charge in [0, 0.05) is 0 Å². The van der Waals surface area contributed by atoms with Gasteiger partial charge in [-0.25, -0.2) is 0 Å². The first kappa shape index (κ1) is 20.7. The van der Waals surface area contributed by atoms with Crippen LogP contribution in [0.1, 0.15) is 16.7 Å². The fraction of sp³-hybridized carbons (Fsp3) is 0.222. The van der Waals surface area contributed by atoms with Gasteiger partial charge in [0.15, 0.2) is 0 Å². The van der Waals surface area contributed by atoms with E-state index in [9.17, 15) is 10.2 Å². The van der Waals surface area contributed by atoms with Crippen molar-refractivity contribution in [3.63, 3.8) is 0 Å². The predicted molar refractivity (Wildman–Crippen MR) is 97.3 cm³/mol. The van der Waals surface area contributed by atoms with E-state index in [0.29, 0.717) is 0 Å². The summed E-state index contributed by atoms with van der Waals surface area (Å²) in [6, 6.07) is 12.6. The molecule has 0 heterocycles. The average Bonchev–Trinajstić information content (AvgIpc) is 3.04. The molecule has 5 nitrogen and oxygen atoms in total. The van der Waals surface area contributed by atoms with Crippen molar-refractivity contribution in [2.75, 3.05) is 21.1 Å². The zero-order valence-corrected chi connectivity index (χ0v) is 14.0. The number of phenols is 2. The van der Waals surface area contributed by atoms with Crippen LogP contribution in [-0.2, 0) is 6.42 Å². The zero-order chi connectivity index (χ0) is 17.8. The third-order valence-electron chi connectivity index (χ3n) is 3.09. The molecule has 0 amide bonds. The molecule has 3 rings (SSSR count). The number of fused-ring (bicyclic) bond motifs is 1. The molecule has 0 radical (unpaired) electrons. The number of hydrogen-bond donors (Lipinski definition) is 5. The molecule has 0 fully saturated rings. The zero-order valence-electron chi connectivity index (χ0n) is 14.0. The Hall–Kier alpha value is -2.34. The Morgan fingerprint density at radius 3 is 1.83 bits per heavy atom. The second-order valence-corrected chi connectivity index (χ2v) is 4.21. The lowest BCUT2D eigenvalue weighted by atomic mass is 9.99. The van der Waals surface area contributed by atoms with Crippen LogP contribution >= 0.6 is 0 Å². The Balaban J connectivity index is 0.000000728. The smallest absolute Gasteiger partial charge is 0.116 e. The fourth-order valence-corrected chi connectivity index (χ4v) is 2.23. The van der Waals surface area contributed by atoms with Gasteiger partial charge in [-0.1, -0.05) is 24.3 Å². The summed E-state index contributed by atoms with van der Waals surface area (Å²) in [7, 11) is 4.50. The minimum Gasteiger partial charge on any atom is -0.508 e. The molecular formula is C18H27N3O2. The van der Waals surface area contributed by atoms with E-state index in [2.05, 4.69) is 23.3 Å². The van der Waals surface area contributed by atoms with Gasteiger partial charge in [-0.3, -0.25) is 0 Å². The molecule has 0 saturated heterocycles. The highest BCUT2D eigenvalue weighted by atomic mass is 16.3. The molecule has 0 unspecified atom stereocenters. The lowest BCUT2D eigenvalue weighted by molar-refractivity contribution is 0.474. The topological polar surface area (TPSA) is 119 Å². The molecule has 2 aromatic rings. The van der Waals surface area contributed by atoms with Gasteiger partial charge < -0.3 is 27.4 Å². The highest BCUT2D eigenvalue weighted by Crippen LogP contribution is 2.35. The molecule has 0 aromatic heterocycles. The number of allylic oxidation sites excluding steroid dienone is 1. The van der Waals surface area contributed by atoms with Gasteiger partial charge in [0.25, 0.3) is 0 Å². The Kier molecular flexibility index (Phi) is 10.1. The van der Waals surface area contributed by atoms with Gasteiger partial charge in [0.05, 0.1) is 0 Å². The second-order valence-electron chi connectivity index (χ2n) is 4.21. The van der Waals surface area contributed by atoms with Crippen LogP contribution in [0.2, 0.25) is 0 Å². The van der Waals surface area contributed by atoms with E-state index < -0.39 is 0 Å². The Bertz CT molecular complexity index is 608. The van der Waals surface area contributed by atoms with Gasteiger partial charge >= 0.3 is 0 Å². The van der Waals surface area contributed by atoms with Crippen LogP contribution in [0, 0.1) is 0 Å². The Morgan fingerprint density at radius 1 is 0.739 bits per heavy atom. The summed E-state index contributed by atoms with van der Waals surface area (Å²) in [5.74, 6) is 0.554. The monoisotopic (exact) mass is 317 g/mol. The van der Waals surface area contributed by atoms with Crippen LogP contribution in [0.4, 0.5) is 0 Å². The average molecular weight is 317 g/mol. The van der Waals surface area contributed by atoms with Crippen LogP contribution < -0.4 is 17.2 Å². The number of phenolic OH excluding ortho intramolecular Hbond substituents is 2. The highest BCUT2D eigenvalue weighted by Gasteiger charge is 2.15. The highest BCUT2D eigenvalue weighted by molar-refractivity contribution is 5.85. The van der Waals surface area contributed by atoms with Gasteiger partial charge in [-0.15, -0.1) is 0 Å². The van der Waals surface area contributed by atoms with Gasteiger partial charge in [0.1, 0.15) is 11.5 Å². The lowest BCUT2D eigenvalue weighted by Gasteiger charge is -2.07. The molecule has 0 spiro atoms. The van der Waals surface area contributed by atoms with Crippen LogP contribution in [0.25, 0.3) is 5.57 Å². The molecule has 0 bridgehead atoms. The fourth-order valence-electron chi connectivity index (χ4n) is 2.23. The number of aromatic hydroxyl groups is 2. The van der Waals surface area contributed by atoms with Crippen molar-refractivity contribution in [3.8, 4) is 11.5 Å². The molecule has 126 valence electrons. The Morgan fingerprint density at radius 2 is 1.26 bits per heavy atom. The van der Waals surface area contributed by atoms with E-state index in [-0.39, 0.29) is 11.5 Å². The number of rotatable bonds is 1. The maximum absolute atomic E-state index is 9.54. The first-order valence-corrected chi connectivity index (χ1v) is 7.29. The van der Waals surface area contributed by atoms with Crippen molar-refractivity contribution in [1.29, 1.82) is 0 Å². The van der Waals surface area contributed by atoms with Crippen molar-refractivity contribution in [2.45, 2.75) is 6.42 Å². The third kappa shape index (κ3) is 5.41.